The minimum atomic E-state index is -1.21. The van der Waals surface area contributed by atoms with Crippen LogP contribution in [0.5, 0.6) is 5.75 Å². The minimum absolute atomic E-state index is 0.0526. The Morgan fingerprint density at radius 3 is 2.45 bits per heavy atom. The van der Waals surface area contributed by atoms with Crippen molar-refractivity contribution in [2.45, 2.75) is 40.0 Å². The van der Waals surface area contributed by atoms with Gasteiger partial charge in [0, 0.05) is 16.5 Å². The second kappa shape index (κ2) is 9.64. The number of hydrogen-bond acceptors (Lipinski definition) is 4. The molecule has 0 saturated heterocycles. The van der Waals surface area contributed by atoms with E-state index < -0.39 is 23.1 Å². The summed E-state index contributed by atoms with van der Waals surface area (Å²) in [5.74, 6) is -2.43. The Balaban J connectivity index is 0.00000166. The van der Waals surface area contributed by atoms with Crippen molar-refractivity contribution in [1.82, 2.24) is 9.97 Å². The number of aryl methyl sites for hydroxylation is 1. The van der Waals surface area contributed by atoms with Crippen LogP contribution in [0.3, 0.4) is 0 Å². The molecule has 5 nitrogen and oxygen atoms in total. The second-order valence-corrected chi connectivity index (χ2v) is 7.41. The van der Waals surface area contributed by atoms with Crippen molar-refractivity contribution in [3.05, 3.63) is 72.1 Å². The summed E-state index contributed by atoms with van der Waals surface area (Å²) in [6.45, 7) is 16.9. The molecule has 1 aromatic heterocycles. The number of fused-ring (bicyclic) bond motifs is 1. The predicted molar refractivity (Wildman–Crippen MR) is 119 cm³/mol. The number of rotatable bonds is 5. The molecule has 164 valence electrons. The maximum atomic E-state index is 13.7. The number of amides is 1. The highest BCUT2D eigenvalue weighted by atomic mass is 19.1. The van der Waals surface area contributed by atoms with Crippen molar-refractivity contribution < 1.29 is 18.3 Å². The van der Waals surface area contributed by atoms with Crippen LogP contribution in [0, 0.1) is 6.92 Å². The van der Waals surface area contributed by atoms with Gasteiger partial charge in [0.1, 0.15) is 23.0 Å². The van der Waals surface area contributed by atoms with E-state index in [-0.39, 0.29) is 11.2 Å². The molecule has 0 unspecified atom stereocenters. The summed E-state index contributed by atoms with van der Waals surface area (Å²) in [5, 5.41) is 2.31. The Bertz CT molecular complexity index is 1040. The van der Waals surface area contributed by atoms with Gasteiger partial charge < -0.3 is 10.1 Å². The molecule has 1 aliphatic rings. The summed E-state index contributed by atoms with van der Waals surface area (Å²) in [6.07, 6.45) is 3.55. The van der Waals surface area contributed by atoms with Crippen LogP contribution in [0.2, 0.25) is 0 Å². The number of nitrogens with zero attached hydrogens (tertiary/aromatic N) is 2. The average Bonchev–Trinajstić information content (AvgIpc) is 3.03. The Labute approximate surface area is 181 Å². The zero-order chi connectivity index (χ0) is 23.3. The van der Waals surface area contributed by atoms with Crippen LogP contribution in [-0.2, 0) is 10.2 Å². The van der Waals surface area contributed by atoms with Crippen LogP contribution >= 0.6 is 0 Å². The largest absolute Gasteiger partial charge is 0.492 e. The van der Waals surface area contributed by atoms with Gasteiger partial charge in [-0.15, -0.1) is 0 Å². The third-order valence-electron chi connectivity index (χ3n) is 4.73. The molecule has 2 aromatic rings. The van der Waals surface area contributed by atoms with Gasteiger partial charge in [0.15, 0.2) is 5.82 Å². The Morgan fingerprint density at radius 2 is 1.90 bits per heavy atom. The van der Waals surface area contributed by atoms with Gasteiger partial charge in [-0.1, -0.05) is 40.9 Å². The fourth-order valence-corrected chi connectivity index (χ4v) is 3.12. The topological polar surface area (TPSA) is 64.1 Å². The number of carbonyl (C=O) groups excluding carboxylic acids is 1. The van der Waals surface area contributed by atoms with E-state index in [9.17, 15) is 13.6 Å². The monoisotopic (exact) mass is 427 g/mol. The lowest BCUT2D eigenvalue weighted by molar-refractivity contribution is -0.112. The maximum absolute atomic E-state index is 13.7. The zero-order valence-electron chi connectivity index (χ0n) is 18.5. The van der Waals surface area contributed by atoms with E-state index in [0.29, 0.717) is 12.3 Å². The van der Waals surface area contributed by atoms with Gasteiger partial charge >= 0.3 is 0 Å². The number of nitrogens with one attached hydrogen (secondary N) is 1. The molecule has 0 spiro atoms. The van der Waals surface area contributed by atoms with Crippen molar-refractivity contribution in [2.24, 2.45) is 0 Å². The number of halogens is 2. The normalized spacial score (nSPS) is 14.3. The standard InChI is InChI=1S/C22H21F2N3O2.C2H6/c1-6-16(24)20(13(3)23)21(28)27-19-10-25-17(9-26-19)14-8-15-18(7-12(14)2)29-11-22(15,4)5;1-2/h6-10H,1,3,11H2,2,4-5H3,(H,26,27,28);1-2H3/b20-16-;. The molecule has 0 radical (unpaired) electrons. The third-order valence-corrected chi connectivity index (χ3v) is 4.73. The van der Waals surface area contributed by atoms with Crippen LogP contribution in [0.1, 0.15) is 38.8 Å². The van der Waals surface area contributed by atoms with Crippen molar-refractivity contribution in [3.8, 4) is 17.0 Å². The summed E-state index contributed by atoms with van der Waals surface area (Å²) < 4.78 is 32.8. The molecular formula is C24H27F2N3O2. The minimum Gasteiger partial charge on any atom is -0.492 e. The molecule has 0 atom stereocenters. The molecule has 3 rings (SSSR count). The van der Waals surface area contributed by atoms with Gasteiger partial charge in [-0.3, -0.25) is 9.78 Å². The van der Waals surface area contributed by atoms with Crippen LogP contribution in [-0.4, -0.2) is 22.5 Å². The van der Waals surface area contributed by atoms with Crippen molar-refractivity contribution in [3.63, 3.8) is 0 Å². The molecule has 0 saturated carbocycles. The van der Waals surface area contributed by atoms with Crippen LogP contribution in [0.25, 0.3) is 11.3 Å². The van der Waals surface area contributed by atoms with Gasteiger partial charge in [0.25, 0.3) is 5.91 Å². The van der Waals surface area contributed by atoms with Gasteiger partial charge in [-0.05, 0) is 30.7 Å². The van der Waals surface area contributed by atoms with Crippen LogP contribution < -0.4 is 10.1 Å². The number of anilines is 1. The predicted octanol–water partition coefficient (Wildman–Crippen LogP) is 5.98. The first-order valence-corrected chi connectivity index (χ1v) is 9.92. The molecule has 31 heavy (non-hydrogen) atoms. The summed E-state index contributed by atoms with van der Waals surface area (Å²) in [4.78, 5) is 20.6. The number of carbonyl (C=O) groups is 1. The average molecular weight is 427 g/mol. The summed E-state index contributed by atoms with van der Waals surface area (Å²) in [6, 6.07) is 4.01. The second-order valence-electron chi connectivity index (χ2n) is 7.41. The fraction of sp³-hybridized carbons (Fsp3) is 0.292. The number of ether oxygens (including phenoxy) is 1. The number of benzene rings is 1. The highest BCUT2D eigenvalue weighted by Crippen LogP contribution is 2.41. The maximum Gasteiger partial charge on any atom is 0.262 e. The smallest absolute Gasteiger partial charge is 0.262 e. The Morgan fingerprint density at radius 1 is 1.23 bits per heavy atom. The molecule has 7 heteroatoms. The molecule has 0 aliphatic carbocycles. The van der Waals surface area contributed by atoms with Gasteiger partial charge in [-0.25, -0.2) is 13.8 Å². The van der Waals surface area contributed by atoms with E-state index in [2.05, 4.69) is 42.3 Å². The van der Waals surface area contributed by atoms with E-state index in [1.54, 1.807) is 0 Å². The lowest BCUT2D eigenvalue weighted by atomic mass is 9.85. The van der Waals surface area contributed by atoms with Crippen molar-refractivity contribution >= 4 is 11.7 Å². The van der Waals surface area contributed by atoms with Gasteiger partial charge in [-0.2, -0.15) is 0 Å². The van der Waals surface area contributed by atoms with E-state index in [0.717, 1.165) is 28.5 Å². The third kappa shape index (κ3) is 5.05. The molecule has 1 aromatic carbocycles. The Hall–Kier alpha value is -3.35. The highest BCUT2D eigenvalue weighted by Gasteiger charge is 2.32. The van der Waals surface area contributed by atoms with Crippen LogP contribution in [0.15, 0.2) is 61.0 Å². The molecule has 0 bridgehead atoms. The van der Waals surface area contributed by atoms with E-state index in [1.807, 2.05) is 32.9 Å². The lowest BCUT2D eigenvalue weighted by Gasteiger charge is -2.16. The van der Waals surface area contributed by atoms with Crippen LogP contribution in [0.4, 0.5) is 14.6 Å². The first-order valence-electron chi connectivity index (χ1n) is 9.92. The molecule has 0 fully saturated rings. The molecule has 1 N–H and O–H groups in total. The van der Waals surface area contributed by atoms with E-state index >= 15 is 0 Å². The first-order chi connectivity index (χ1) is 14.6. The summed E-state index contributed by atoms with van der Waals surface area (Å²) in [5.41, 5.74) is 2.62. The van der Waals surface area contributed by atoms with Crippen molar-refractivity contribution in [2.75, 3.05) is 11.9 Å². The zero-order valence-corrected chi connectivity index (χ0v) is 18.5. The fourth-order valence-electron chi connectivity index (χ4n) is 3.12. The number of aromatic nitrogens is 2. The van der Waals surface area contributed by atoms with Gasteiger partial charge in [0.05, 0.1) is 24.7 Å². The summed E-state index contributed by atoms with van der Waals surface area (Å²) >= 11 is 0. The van der Waals surface area contributed by atoms with Gasteiger partial charge in [0.2, 0.25) is 0 Å². The summed E-state index contributed by atoms with van der Waals surface area (Å²) in [7, 11) is 0. The molecule has 1 amide bonds. The van der Waals surface area contributed by atoms with E-state index in [4.69, 9.17) is 4.74 Å². The SMILES string of the molecule is C=C/C(F)=C(\C(=C)F)C(=O)Nc1cnc(-c2cc3c(cc2C)OCC3(C)C)cn1.CC. The Kier molecular flexibility index (Phi) is 7.44. The number of allylic oxidation sites excluding steroid dienone is 2. The lowest BCUT2D eigenvalue weighted by Crippen LogP contribution is -2.18. The molecular weight excluding hydrogens is 400 g/mol. The van der Waals surface area contributed by atoms with E-state index in [1.165, 1.54) is 12.4 Å². The first kappa shape index (κ1) is 23.9. The highest BCUT2D eigenvalue weighted by molar-refractivity contribution is 6.06. The van der Waals surface area contributed by atoms with Crippen molar-refractivity contribution in [1.29, 1.82) is 0 Å². The molecule has 2 heterocycles. The quantitative estimate of drug-likeness (QED) is 0.471. The molecule has 1 aliphatic heterocycles. The number of hydrogen-bond donors (Lipinski definition) is 1.